The van der Waals surface area contributed by atoms with Gasteiger partial charge in [-0.2, -0.15) is 0 Å². The van der Waals surface area contributed by atoms with Crippen LogP contribution >= 0.6 is 24.0 Å². The molecule has 1 heterocycles. The number of hydrogen-bond acceptors (Lipinski definition) is 5. The van der Waals surface area contributed by atoms with Crippen LogP contribution in [0.2, 0.25) is 5.02 Å². The molecule has 1 aliphatic carbocycles. The van der Waals surface area contributed by atoms with E-state index in [1.807, 2.05) is 0 Å². The molecule has 0 bridgehead atoms. The Hall–Kier alpha value is -1.70. The van der Waals surface area contributed by atoms with Gasteiger partial charge in [0.05, 0.1) is 16.3 Å². The SMILES string of the molecule is Cl.NC(CNC(=O)c1ccc(-n2cnnn2)cc1Cl)C1CC1. The molecule has 1 aromatic carbocycles. The summed E-state index contributed by atoms with van der Waals surface area (Å²) in [6.07, 6.45) is 3.76. The van der Waals surface area contributed by atoms with E-state index in [1.165, 1.54) is 11.0 Å². The van der Waals surface area contributed by atoms with Crippen LogP contribution in [0.1, 0.15) is 23.2 Å². The predicted molar refractivity (Wildman–Crippen MR) is 84.4 cm³/mol. The molecule has 3 N–H and O–H groups in total. The Balaban J connectivity index is 0.00000176. The van der Waals surface area contributed by atoms with Gasteiger partial charge >= 0.3 is 0 Å². The van der Waals surface area contributed by atoms with Crippen molar-refractivity contribution < 1.29 is 4.79 Å². The lowest BCUT2D eigenvalue weighted by Gasteiger charge is -2.12. The monoisotopic (exact) mass is 342 g/mol. The van der Waals surface area contributed by atoms with Crippen molar-refractivity contribution in [2.45, 2.75) is 18.9 Å². The van der Waals surface area contributed by atoms with Crippen LogP contribution in [-0.2, 0) is 0 Å². The molecule has 9 heteroatoms. The Bertz CT molecular complexity index is 644. The first-order chi connectivity index (χ1) is 10.1. The predicted octanol–water partition coefficient (Wildman–Crippen LogP) is 1.20. The number of aromatic nitrogens is 4. The van der Waals surface area contributed by atoms with Crippen LogP contribution in [0.25, 0.3) is 5.69 Å². The van der Waals surface area contributed by atoms with E-state index in [0.29, 0.717) is 28.7 Å². The maximum Gasteiger partial charge on any atom is 0.252 e. The standard InChI is InChI=1S/C13H15ClN6O.ClH/c14-11-5-9(20-7-17-18-19-20)3-4-10(11)13(21)16-6-12(15)8-1-2-8;/h3-5,7-8,12H,1-2,6,15H2,(H,16,21);1H. The van der Waals surface area contributed by atoms with Gasteiger partial charge in [-0.05, 0) is 47.4 Å². The summed E-state index contributed by atoms with van der Waals surface area (Å²) >= 11 is 6.16. The van der Waals surface area contributed by atoms with Gasteiger partial charge in [-0.1, -0.05) is 11.6 Å². The number of tetrazole rings is 1. The first-order valence-corrected chi connectivity index (χ1v) is 7.09. The van der Waals surface area contributed by atoms with Crippen molar-refractivity contribution in [1.82, 2.24) is 25.5 Å². The first-order valence-electron chi connectivity index (χ1n) is 6.72. The minimum absolute atomic E-state index is 0. The van der Waals surface area contributed by atoms with Crippen molar-refractivity contribution in [3.8, 4) is 5.69 Å². The molecule has 22 heavy (non-hydrogen) atoms. The number of benzene rings is 1. The van der Waals surface area contributed by atoms with E-state index in [2.05, 4.69) is 20.8 Å². The average Bonchev–Trinajstić information content (AvgIpc) is 3.19. The molecule has 0 spiro atoms. The number of amides is 1. The van der Waals surface area contributed by atoms with Crippen LogP contribution in [0.15, 0.2) is 24.5 Å². The highest BCUT2D eigenvalue weighted by molar-refractivity contribution is 6.34. The molecule has 1 aliphatic rings. The van der Waals surface area contributed by atoms with E-state index in [9.17, 15) is 4.79 Å². The fraction of sp³-hybridized carbons (Fsp3) is 0.385. The van der Waals surface area contributed by atoms with Crippen molar-refractivity contribution in [2.75, 3.05) is 6.54 Å². The molecule has 1 saturated carbocycles. The summed E-state index contributed by atoms with van der Waals surface area (Å²) in [6.45, 7) is 0.467. The largest absolute Gasteiger partial charge is 0.350 e. The molecular weight excluding hydrogens is 327 g/mol. The Labute approximate surface area is 138 Å². The van der Waals surface area contributed by atoms with Gasteiger partial charge in [-0.15, -0.1) is 17.5 Å². The molecule has 3 rings (SSSR count). The van der Waals surface area contributed by atoms with Crippen LogP contribution in [0.3, 0.4) is 0 Å². The van der Waals surface area contributed by atoms with Crippen LogP contribution in [-0.4, -0.2) is 38.7 Å². The van der Waals surface area contributed by atoms with Gasteiger partial charge < -0.3 is 11.1 Å². The van der Waals surface area contributed by atoms with Gasteiger partial charge in [0.2, 0.25) is 0 Å². The number of hydrogen-bond donors (Lipinski definition) is 2. The lowest BCUT2D eigenvalue weighted by molar-refractivity contribution is 0.0950. The summed E-state index contributed by atoms with van der Waals surface area (Å²) in [5, 5.41) is 14.0. The highest BCUT2D eigenvalue weighted by atomic mass is 35.5. The summed E-state index contributed by atoms with van der Waals surface area (Å²) < 4.78 is 1.47. The van der Waals surface area contributed by atoms with E-state index in [-0.39, 0.29) is 24.4 Å². The normalized spacial score (nSPS) is 15.0. The van der Waals surface area contributed by atoms with Crippen LogP contribution in [0, 0.1) is 5.92 Å². The molecular formula is C13H16Cl2N6O. The molecule has 1 unspecified atom stereocenters. The third-order valence-electron chi connectivity index (χ3n) is 3.54. The molecule has 0 saturated heterocycles. The van der Waals surface area contributed by atoms with Crippen LogP contribution in [0.4, 0.5) is 0 Å². The second-order valence-electron chi connectivity index (χ2n) is 5.13. The third kappa shape index (κ3) is 3.73. The smallest absolute Gasteiger partial charge is 0.252 e. The number of carbonyl (C=O) groups is 1. The summed E-state index contributed by atoms with van der Waals surface area (Å²) in [7, 11) is 0. The zero-order chi connectivity index (χ0) is 14.8. The fourth-order valence-electron chi connectivity index (χ4n) is 2.11. The van der Waals surface area contributed by atoms with Crippen molar-refractivity contribution in [3.63, 3.8) is 0 Å². The summed E-state index contributed by atoms with van der Waals surface area (Å²) in [5.41, 5.74) is 7.06. The Kier molecular flexibility index (Phi) is 5.33. The molecule has 118 valence electrons. The molecule has 7 nitrogen and oxygen atoms in total. The summed E-state index contributed by atoms with van der Waals surface area (Å²) in [6, 6.07) is 5.05. The second kappa shape index (κ2) is 7.04. The van der Waals surface area contributed by atoms with E-state index >= 15 is 0 Å². The molecule has 0 radical (unpaired) electrons. The minimum Gasteiger partial charge on any atom is -0.350 e. The number of carbonyl (C=O) groups excluding carboxylic acids is 1. The lowest BCUT2D eigenvalue weighted by atomic mass is 10.1. The number of nitrogens with one attached hydrogen (secondary N) is 1. The fourth-order valence-corrected chi connectivity index (χ4v) is 2.37. The van der Waals surface area contributed by atoms with Crippen molar-refractivity contribution in [3.05, 3.63) is 35.1 Å². The Morgan fingerprint density at radius 1 is 1.50 bits per heavy atom. The average molecular weight is 343 g/mol. The van der Waals surface area contributed by atoms with Gasteiger partial charge in [0.1, 0.15) is 6.33 Å². The third-order valence-corrected chi connectivity index (χ3v) is 3.85. The molecule has 2 aromatic rings. The second-order valence-corrected chi connectivity index (χ2v) is 5.54. The van der Waals surface area contributed by atoms with Crippen LogP contribution in [0.5, 0.6) is 0 Å². The first kappa shape index (κ1) is 16.7. The quantitative estimate of drug-likeness (QED) is 0.850. The van der Waals surface area contributed by atoms with E-state index < -0.39 is 0 Å². The van der Waals surface area contributed by atoms with Gasteiger partial charge in [0.25, 0.3) is 5.91 Å². The molecule has 1 aromatic heterocycles. The molecule has 0 aliphatic heterocycles. The Morgan fingerprint density at radius 3 is 2.86 bits per heavy atom. The van der Waals surface area contributed by atoms with Gasteiger partial charge in [0.15, 0.2) is 0 Å². The number of nitrogens with two attached hydrogens (primary N) is 1. The maximum atomic E-state index is 12.1. The van der Waals surface area contributed by atoms with Crippen LogP contribution < -0.4 is 11.1 Å². The van der Waals surface area contributed by atoms with Gasteiger partial charge in [0, 0.05) is 12.6 Å². The maximum absolute atomic E-state index is 12.1. The number of nitrogens with zero attached hydrogens (tertiary/aromatic N) is 4. The Morgan fingerprint density at radius 2 is 2.27 bits per heavy atom. The van der Waals surface area contributed by atoms with Crippen molar-refractivity contribution in [2.24, 2.45) is 11.7 Å². The lowest BCUT2D eigenvalue weighted by Crippen LogP contribution is -2.38. The van der Waals surface area contributed by atoms with Crippen molar-refractivity contribution in [1.29, 1.82) is 0 Å². The van der Waals surface area contributed by atoms with Crippen molar-refractivity contribution >= 4 is 29.9 Å². The topological polar surface area (TPSA) is 98.7 Å². The summed E-state index contributed by atoms with van der Waals surface area (Å²) in [4.78, 5) is 12.1. The number of rotatable bonds is 5. The highest BCUT2D eigenvalue weighted by Gasteiger charge is 2.28. The highest BCUT2D eigenvalue weighted by Crippen LogP contribution is 2.31. The zero-order valence-corrected chi connectivity index (χ0v) is 13.2. The van der Waals surface area contributed by atoms with E-state index in [1.54, 1.807) is 18.2 Å². The zero-order valence-electron chi connectivity index (χ0n) is 11.6. The molecule has 1 amide bonds. The van der Waals surface area contributed by atoms with Gasteiger partial charge in [-0.25, -0.2) is 4.68 Å². The van der Waals surface area contributed by atoms with E-state index in [4.69, 9.17) is 17.3 Å². The van der Waals surface area contributed by atoms with E-state index in [0.717, 1.165) is 12.8 Å². The van der Waals surface area contributed by atoms with Gasteiger partial charge in [-0.3, -0.25) is 4.79 Å². The molecule has 1 fully saturated rings. The minimum atomic E-state index is -0.223. The molecule has 1 atom stereocenters. The number of halogens is 2. The summed E-state index contributed by atoms with van der Waals surface area (Å²) in [5.74, 6) is 0.322.